The van der Waals surface area contributed by atoms with E-state index in [1.165, 1.54) is 4.88 Å². The molecule has 0 saturated heterocycles. The van der Waals surface area contributed by atoms with Crippen LogP contribution in [0.15, 0.2) is 34.2 Å². The van der Waals surface area contributed by atoms with E-state index in [9.17, 15) is 4.79 Å². The van der Waals surface area contributed by atoms with Crippen molar-refractivity contribution in [3.05, 3.63) is 44.8 Å². The predicted molar refractivity (Wildman–Crippen MR) is 72.1 cm³/mol. The Balaban J connectivity index is 2.07. The summed E-state index contributed by atoms with van der Waals surface area (Å²) in [5.41, 5.74) is 6.25. The number of carbonyl (C=O) groups is 1. The lowest BCUT2D eigenvalue weighted by Crippen LogP contribution is -2.13. The molecular formula is C11H10BrN3OS. The van der Waals surface area contributed by atoms with Gasteiger partial charge in [0, 0.05) is 21.2 Å². The van der Waals surface area contributed by atoms with Gasteiger partial charge in [0.1, 0.15) is 5.69 Å². The van der Waals surface area contributed by atoms with Gasteiger partial charge in [-0.3, -0.25) is 9.78 Å². The first kappa shape index (κ1) is 12.1. The van der Waals surface area contributed by atoms with Gasteiger partial charge in [0.25, 0.3) is 5.91 Å². The van der Waals surface area contributed by atoms with Crippen molar-refractivity contribution < 1.29 is 4.79 Å². The highest BCUT2D eigenvalue weighted by atomic mass is 79.9. The van der Waals surface area contributed by atoms with Crippen molar-refractivity contribution in [3.63, 3.8) is 0 Å². The van der Waals surface area contributed by atoms with Crippen LogP contribution in [0.25, 0.3) is 0 Å². The molecule has 0 aliphatic carbocycles. The zero-order valence-electron chi connectivity index (χ0n) is 8.81. The maximum Gasteiger partial charge on any atom is 0.267 e. The number of aromatic nitrogens is 1. The average Bonchev–Trinajstić information content (AvgIpc) is 2.72. The van der Waals surface area contributed by atoms with Gasteiger partial charge in [-0.05, 0) is 39.5 Å². The van der Waals surface area contributed by atoms with Crippen LogP contribution in [-0.4, -0.2) is 10.9 Å². The number of nitrogens with two attached hydrogens (primary N) is 1. The van der Waals surface area contributed by atoms with E-state index in [-0.39, 0.29) is 5.69 Å². The monoisotopic (exact) mass is 311 g/mol. The van der Waals surface area contributed by atoms with Crippen LogP contribution >= 0.6 is 27.3 Å². The van der Waals surface area contributed by atoms with Crippen molar-refractivity contribution in [3.8, 4) is 0 Å². The molecule has 3 N–H and O–H groups in total. The lowest BCUT2D eigenvalue weighted by atomic mass is 10.3. The van der Waals surface area contributed by atoms with Crippen molar-refractivity contribution >= 4 is 38.9 Å². The third kappa shape index (κ3) is 3.04. The smallest absolute Gasteiger partial charge is 0.267 e. The number of pyridine rings is 1. The van der Waals surface area contributed by atoms with Gasteiger partial charge in [0.2, 0.25) is 0 Å². The average molecular weight is 312 g/mol. The number of nitrogens with zero attached hydrogens (tertiary/aromatic N) is 1. The van der Waals surface area contributed by atoms with Gasteiger partial charge < -0.3 is 11.1 Å². The zero-order chi connectivity index (χ0) is 12.3. The van der Waals surface area contributed by atoms with Crippen LogP contribution in [0.3, 0.4) is 0 Å². The van der Waals surface area contributed by atoms with Gasteiger partial charge >= 0.3 is 0 Å². The molecule has 0 saturated carbocycles. The molecular weight excluding hydrogens is 302 g/mol. The Morgan fingerprint density at radius 2 is 2.35 bits per heavy atom. The largest absolute Gasteiger partial charge is 0.380 e. The summed E-state index contributed by atoms with van der Waals surface area (Å²) in [6, 6.07) is 5.45. The second-order valence-corrected chi connectivity index (χ2v) is 5.19. The summed E-state index contributed by atoms with van der Waals surface area (Å²) in [6.07, 6.45) is 1.56. The fraction of sp³-hybridized carbons (Fsp3) is 0.0909. The van der Waals surface area contributed by atoms with Crippen LogP contribution in [0, 0.1) is 0 Å². The first-order chi connectivity index (χ1) is 8.16. The first-order valence-corrected chi connectivity index (χ1v) is 6.55. The molecule has 2 aromatic heterocycles. The minimum absolute atomic E-state index is 0.264. The number of primary amides is 1. The molecule has 0 bridgehead atoms. The van der Waals surface area contributed by atoms with Gasteiger partial charge in [-0.25, -0.2) is 0 Å². The molecule has 0 aromatic carbocycles. The molecule has 2 aromatic rings. The standard InChI is InChI=1S/C11H10BrN3OS/c12-8-2-4-17-10(8)6-15-7-1-3-14-9(5-7)11(13)16/h1-5H,6H2,(H2,13,16)(H,14,15). The molecule has 17 heavy (non-hydrogen) atoms. The van der Waals surface area contributed by atoms with E-state index >= 15 is 0 Å². The Kier molecular flexibility index (Phi) is 3.75. The van der Waals surface area contributed by atoms with Crippen molar-refractivity contribution in [1.29, 1.82) is 0 Å². The maximum absolute atomic E-state index is 11.0. The van der Waals surface area contributed by atoms with E-state index in [0.717, 1.165) is 10.2 Å². The number of thiophene rings is 1. The number of halogens is 1. The molecule has 0 fully saturated rings. The Hall–Kier alpha value is -1.40. The molecule has 0 aliphatic heterocycles. The minimum atomic E-state index is -0.522. The highest BCUT2D eigenvalue weighted by Crippen LogP contribution is 2.23. The molecule has 2 heterocycles. The third-order valence-electron chi connectivity index (χ3n) is 2.16. The number of amides is 1. The van der Waals surface area contributed by atoms with E-state index in [4.69, 9.17) is 5.73 Å². The fourth-order valence-corrected chi connectivity index (χ4v) is 2.74. The van der Waals surface area contributed by atoms with Gasteiger partial charge in [-0.2, -0.15) is 0 Å². The summed E-state index contributed by atoms with van der Waals surface area (Å²) in [4.78, 5) is 16.0. The first-order valence-electron chi connectivity index (χ1n) is 4.88. The quantitative estimate of drug-likeness (QED) is 0.912. The zero-order valence-corrected chi connectivity index (χ0v) is 11.2. The molecule has 6 heteroatoms. The van der Waals surface area contributed by atoms with E-state index in [1.54, 1.807) is 29.7 Å². The molecule has 0 aliphatic rings. The van der Waals surface area contributed by atoms with Crippen LogP contribution in [0.2, 0.25) is 0 Å². The van der Waals surface area contributed by atoms with Gasteiger partial charge in [-0.15, -0.1) is 11.3 Å². The molecule has 88 valence electrons. The summed E-state index contributed by atoms with van der Waals surface area (Å²) in [5.74, 6) is -0.522. The SMILES string of the molecule is NC(=O)c1cc(NCc2sccc2Br)ccn1. The molecule has 0 spiro atoms. The maximum atomic E-state index is 11.0. The summed E-state index contributed by atoms with van der Waals surface area (Å²) >= 11 is 5.12. The van der Waals surface area contributed by atoms with Crippen molar-refractivity contribution in [1.82, 2.24) is 4.98 Å². The summed E-state index contributed by atoms with van der Waals surface area (Å²) < 4.78 is 1.08. The predicted octanol–water partition coefficient (Wildman–Crippen LogP) is 2.62. The highest BCUT2D eigenvalue weighted by molar-refractivity contribution is 9.10. The summed E-state index contributed by atoms with van der Waals surface area (Å²) in [6.45, 7) is 0.695. The number of anilines is 1. The van der Waals surface area contributed by atoms with Crippen LogP contribution < -0.4 is 11.1 Å². The Labute approximate surface area is 111 Å². The third-order valence-corrected chi connectivity index (χ3v) is 4.08. The van der Waals surface area contributed by atoms with E-state index in [0.29, 0.717) is 6.54 Å². The minimum Gasteiger partial charge on any atom is -0.380 e. The second kappa shape index (κ2) is 5.29. The van der Waals surface area contributed by atoms with Crippen LogP contribution in [0.4, 0.5) is 5.69 Å². The molecule has 1 amide bonds. The highest BCUT2D eigenvalue weighted by Gasteiger charge is 2.04. The molecule has 2 rings (SSSR count). The number of carbonyl (C=O) groups excluding carboxylic acids is 1. The van der Waals surface area contributed by atoms with E-state index in [1.807, 2.05) is 11.4 Å². The van der Waals surface area contributed by atoms with E-state index < -0.39 is 5.91 Å². The normalized spacial score (nSPS) is 10.2. The summed E-state index contributed by atoms with van der Waals surface area (Å²) in [7, 11) is 0. The van der Waals surface area contributed by atoms with Gasteiger partial charge in [0.05, 0.1) is 6.54 Å². The number of rotatable bonds is 4. The van der Waals surface area contributed by atoms with Crippen molar-refractivity contribution in [2.45, 2.75) is 6.54 Å². The molecule has 0 atom stereocenters. The van der Waals surface area contributed by atoms with Crippen molar-refractivity contribution in [2.24, 2.45) is 5.73 Å². The molecule has 0 unspecified atom stereocenters. The van der Waals surface area contributed by atoms with E-state index in [2.05, 4.69) is 26.2 Å². The number of hydrogen-bond donors (Lipinski definition) is 2. The molecule has 4 nitrogen and oxygen atoms in total. The lowest BCUT2D eigenvalue weighted by Gasteiger charge is -2.05. The second-order valence-electron chi connectivity index (χ2n) is 3.34. The lowest BCUT2D eigenvalue weighted by molar-refractivity contribution is 0.0995. The van der Waals surface area contributed by atoms with Crippen LogP contribution in [0.1, 0.15) is 15.4 Å². The number of hydrogen-bond acceptors (Lipinski definition) is 4. The van der Waals surface area contributed by atoms with Gasteiger partial charge in [0.15, 0.2) is 0 Å². The number of nitrogens with one attached hydrogen (secondary N) is 1. The Morgan fingerprint density at radius 1 is 1.53 bits per heavy atom. The van der Waals surface area contributed by atoms with Crippen molar-refractivity contribution in [2.75, 3.05) is 5.32 Å². The van der Waals surface area contributed by atoms with Gasteiger partial charge in [-0.1, -0.05) is 0 Å². The van der Waals surface area contributed by atoms with Crippen LogP contribution in [-0.2, 0) is 6.54 Å². The Bertz CT molecular complexity index is 541. The summed E-state index contributed by atoms with van der Waals surface area (Å²) in [5, 5.41) is 5.23. The molecule has 0 radical (unpaired) electrons. The van der Waals surface area contributed by atoms with Crippen LogP contribution in [0.5, 0.6) is 0 Å². The fourth-order valence-electron chi connectivity index (χ4n) is 1.31. The Morgan fingerprint density at radius 3 is 3.00 bits per heavy atom. The topological polar surface area (TPSA) is 68.0 Å².